The van der Waals surface area contributed by atoms with E-state index in [4.69, 9.17) is 24.5 Å². The quantitative estimate of drug-likeness (QED) is 0.147. The minimum Gasteiger partial charge on any atom is -0.475 e. The van der Waals surface area contributed by atoms with Gasteiger partial charge in [-0.15, -0.1) is 0 Å². The second-order valence-electron chi connectivity index (χ2n) is 10.6. The van der Waals surface area contributed by atoms with Crippen LogP contribution in [0.1, 0.15) is 48.3 Å². The molecule has 5 N–H and O–H groups in total. The molecule has 3 heterocycles. The Hall–Kier alpha value is -5.76. The van der Waals surface area contributed by atoms with Crippen molar-refractivity contribution >= 4 is 35.5 Å². The van der Waals surface area contributed by atoms with Crippen molar-refractivity contribution in [3.8, 4) is 0 Å². The molecule has 0 radical (unpaired) electrons. The number of alkyl halides is 6. The fourth-order valence-corrected chi connectivity index (χ4v) is 4.28. The number of nitrogens with zero attached hydrogens (tertiary/aromatic N) is 3. The van der Waals surface area contributed by atoms with Gasteiger partial charge in [0.15, 0.2) is 5.82 Å². The number of carbonyl (C=O) groups is 4. The van der Waals surface area contributed by atoms with Crippen molar-refractivity contribution in [2.45, 2.75) is 64.6 Å². The van der Waals surface area contributed by atoms with Gasteiger partial charge in [0.25, 0.3) is 5.56 Å². The maximum atomic E-state index is 13.8. The molecule has 21 heteroatoms. The van der Waals surface area contributed by atoms with Gasteiger partial charge in [-0.3, -0.25) is 19.0 Å². The van der Waals surface area contributed by atoms with Crippen LogP contribution < -0.4 is 21.5 Å². The number of pyridine rings is 1. The molecule has 1 unspecified atom stereocenters. The highest BCUT2D eigenvalue weighted by Gasteiger charge is 2.39. The van der Waals surface area contributed by atoms with Gasteiger partial charge in [-0.05, 0) is 56.0 Å². The van der Waals surface area contributed by atoms with Crippen molar-refractivity contribution in [1.29, 1.82) is 0 Å². The molecule has 1 aliphatic rings. The Morgan fingerprint density at radius 2 is 1.67 bits per heavy atom. The topological polar surface area (TPSA) is 202 Å². The first-order valence-electron chi connectivity index (χ1n) is 15.1. The van der Waals surface area contributed by atoms with E-state index < -0.39 is 53.6 Å². The average molecular weight is 751 g/mol. The van der Waals surface area contributed by atoms with Crippen LogP contribution in [0.4, 0.5) is 42.4 Å². The van der Waals surface area contributed by atoms with Crippen molar-refractivity contribution in [3.05, 3.63) is 81.3 Å². The molecule has 3 aromatic rings. The molecular weight excluding hydrogens is 717 g/mol. The fraction of sp³-hybridized carbons (Fsp3) is 0.387. The maximum Gasteiger partial charge on any atom is 0.490 e. The van der Waals surface area contributed by atoms with E-state index >= 15 is 0 Å². The van der Waals surface area contributed by atoms with Crippen LogP contribution in [0.5, 0.6) is 0 Å². The number of carbonyl (C=O) groups excluding carboxylic acids is 2. The lowest BCUT2D eigenvalue weighted by atomic mass is 10.0. The predicted octanol–water partition coefficient (Wildman–Crippen LogP) is 4.13. The Morgan fingerprint density at radius 3 is 2.25 bits per heavy atom. The smallest absolute Gasteiger partial charge is 0.475 e. The van der Waals surface area contributed by atoms with Crippen LogP contribution >= 0.6 is 0 Å². The normalized spacial score (nSPS) is 12.6. The van der Waals surface area contributed by atoms with Crippen LogP contribution in [0, 0.1) is 12.7 Å². The first-order valence-corrected chi connectivity index (χ1v) is 15.1. The Balaban J connectivity index is 0.000000564. The van der Waals surface area contributed by atoms with Crippen molar-refractivity contribution in [2.24, 2.45) is 0 Å². The Labute approximate surface area is 290 Å². The summed E-state index contributed by atoms with van der Waals surface area (Å²) in [5, 5.41) is 23.3. The van der Waals surface area contributed by atoms with Crippen molar-refractivity contribution in [2.75, 3.05) is 23.8 Å². The number of benzene rings is 1. The summed E-state index contributed by atoms with van der Waals surface area (Å²) in [6.07, 6.45) is -6.79. The van der Waals surface area contributed by atoms with Gasteiger partial charge < -0.3 is 30.9 Å². The lowest BCUT2D eigenvalue weighted by Gasteiger charge is -2.20. The van der Waals surface area contributed by atoms with Crippen LogP contribution in [0.2, 0.25) is 0 Å². The number of aromatic nitrogens is 3. The summed E-state index contributed by atoms with van der Waals surface area (Å²) in [6, 6.07) is 8.76. The van der Waals surface area contributed by atoms with Gasteiger partial charge in [-0.2, -0.15) is 26.3 Å². The molecule has 1 atom stereocenters. The largest absolute Gasteiger partial charge is 0.490 e. The molecule has 52 heavy (non-hydrogen) atoms. The zero-order chi connectivity index (χ0) is 39.2. The van der Waals surface area contributed by atoms with Gasteiger partial charge in [0, 0.05) is 18.4 Å². The fourth-order valence-electron chi connectivity index (χ4n) is 4.28. The number of hydrogen-bond acceptors (Lipinski definition) is 10. The van der Waals surface area contributed by atoms with Crippen LogP contribution in [-0.2, 0) is 43.4 Å². The van der Waals surface area contributed by atoms with E-state index in [2.05, 4.69) is 25.9 Å². The highest BCUT2D eigenvalue weighted by atomic mass is 19.4. The van der Waals surface area contributed by atoms with Gasteiger partial charge in [-0.25, -0.2) is 23.9 Å². The minimum atomic E-state index is -5.08. The molecule has 0 saturated heterocycles. The minimum absolute atomic E-state index is 0.0871. The Kier molecular flexibility index (Phi) is 15.5. The summed E-state index contributed by atoms with van der Waals surface area (Å²) in [6.45, 7) is 4.39. The predicted molar refractivity (Wildman–Crippen MR) is 168 cm³/mol. The molecule has 1 amide bonds. The number of ether oxygens (including phenoxy) is 1. The molecule has 0 saturated carbocycles. The summed E-state index contributed by atoms with van der Waals surface area (Å²) >= 11 is 0. The number of carboxylic acid groups (broad SMARTS) is 2. The highest BCUT2D eigenvalue weighted by Crippen LogP contribution is 2.21. The molecular formula is C31H33F7N6O8. The molecule has 0 fully saturated rings. The third-order valence-electron chi connectivity index (χ3n) is 6.69. The van der Waals surface area contributed by atoms with Gasteiger partial charge in [-0.1, -0.05) is 18.2 Å². The number of aliphatic carboxylic acids is 2. The average Bonchev–Trinajstić information content (AvgIpc) is 3.05. The van der Waals surface area contributed by atoms with Gasteiger partial charge >= 0.3 is 30.3 Å². The summed E-state index contributed by atoms with van der Waals surface area (Å²) in [4.78, 5) is 64.9. The van der Waals surface area contributed by atoms with E-state index in [1.165, 1.54) is 34.5 Å². The molecule has 2 aromatic heterocycles. The molecule has 0 spiro atoms. The Bertz CT molecular complexity index is 1760. The van der Waals surface area contributed by atoms with E-state index in [0.29, 0.717) is 11.3 Å². The SMILES string of the molecule is CCOC(=O)CC(NC(=O)Cn1c(C)cnc(NCc2ccc3c(n2)NCCC3)c1=O)c1cccc(F)c1.O=C(O)C(F)(F)F.O=C(O)C(F)(F)F. The van der Waals surface area contributed by atoms with Crippen LogP contribution in [-0.4, -0.2) is 74.1 Å². The third kappa shape index (κ3) is 13.9. The van der Waals surface area contributed by atoms with Crippen LogP contribution in [0.25, 0.3) is 0 Å². The highest BCUT2D eigenvalue weighted by molar-refractivity contribution is 5.78. The van der Waals surface area contributed by atoms with Gasteiger partial charge in [0.2, 0.25) is 5.91 Å². The lowest BCUT2D eigenvalue weighted by Crippen LogP contribution is -2.37. The number of carboxylic acids is 2. The Morgan fingerprint density at radius 1 is 1.04 bits per heavy atom. The van der Waals surface area contributed by atoms with Gasteiger partial charge in [0.1, 0.15) is 18.2 Å². The van der Waals surface area contributed by atoms with E-state index in [9.17, 15) is 45.1 Å². The number of halogens is 7. The molecule has 284 valence electrons. The number of anilines is 2. The number of aryl methyl sites for hydroxylation is 2. The van der Waals surface area contributed by atoms with Gasteiger partial charge in [0.05, 0.1) is 31.3 Å². The number of fused-ring (bicyclic) bond motifs is 1. The number of amides is 1. The molecule has 14 nitrogen and oxygen atoms in total. The number of rotatable bonds is 10. The first-order chi connectivity index (χ1) is 24.2. The van der Waals surface area contributed by atoms with E-state index in [0.717, 1.165) is 30.9 Å². The first kappa shape index (κ1) is 42.4. The monoisotopic (exact) mass is 750 g/mol. The molecule has 0 aliphatic carbocycles. The molecule has 1 aromatic carbocycles. The van der Waals surface area contributed by atoms with E-state index in [1.54, 1.807) is 19.9 Å². The van der Waals surface area contributed by atoms with Crippen LogP contribution in [0.3, 0.4) is 0 Å². The van der Waals surface area contributed by atoms with Crippen molar-refractivity contribution < 1.29 is 64.9 Å². The number of hydrogen-bond donors (Lipinski definition) is 5. The van der Waals surface area contributed by atoms with Crippen LogP contribution in [0.15, 0.2) is 47.4 Å². The maximum absolute atomic E-state index is 13.8. The van der Waals surface area contributed by atoms with Crippen molar-refractivity contribution in [3.63, 3.8) is 0 Å². The summed E-state index contributed by atoms with van der Waals surface area (Å²) in [5.74, 6) is -6.11. The molecule has 0 bridgehead atoms. The summed E-state index contributed by atoms with van der Waals surface area (Å²) in [5.41, 5.74) is 2.35. The zero-order valence-corrected chi connectivity index (χ0v) is 27.4. The standard InChI is InChI=1S/C27H31FN6O4.2C2HF3O2/c1-3-38-24(36)13-22(19-6-4-8-20(28)12-19)33-23(35)16-34-17(2)14-30-26(27(34)37)31-15-21-10-9-18-7-5-11-29-25(18)32-21;2*3-2(4,5)1(6)7/h4,6,8-10,12,14,22H,3,5,7,11,13,15-16H2,1-2H3,(H,29,32)(H,30,31)(H,33,35);2*(H,6,7). The lowest BCUT2D eigenvalue weighted by molar-refractivity contribution is -0.193. The molecule has 1 aliphatic heterocycles. The zero-order valence-electron chi connectivity index (χ0n) is 27.4. The summed E-state index contributed by atoms with van der Waals surface area (Å²) in [7, 11) is 0. The van der Waals surface area contributed by atoms with E-state index in [-0.39, 0.29) is 31.9 Å². The second-order valence-corrected chi connectivity index (χ2v) is 10.6. The second kappa shape index (κ2) is 19.0. The third-order valence-corrected chi connectivity index (χ3v) is 6.69. The van der Waals surface area contributed by atoms with E-state index in [1.807, 2.05) is 12.1 Å². The summed E-state index contributed by atoms with van der Waals surface area (Å²) < 4.78 is 83.6. The number of esters is 1. The number of nitrogens with one attached hydrogen (secondary N) is 3. The molecule has 4 rings (SSSR count). The van der Waals surface area contributed by atoms with Crippen molar-refractivity contribution in [1.82, 2.24) is 19.9 Å².